The summed E-state index contributed by atoms with van der Waals surface area (Å²) in [7, 11) is 3.95. The Kier molecular flexibility index (Phi) is 8.07. The molecule has 5 heterocycles. The number of benzene rings is 2. The highest BCUT2D eigenvalue weighted by molar-refractivity contribution is 6.34. The fourth-order valence-corrected chi connectivity index (χ4v) is 7.09. The van der Waals surface area contributed by atoms with Crippen LogP contribution in [0.2, 0.25) is 5.02 Å². The summed E-state index contributed by atoms with van der Waals surface area (Å²) in [6, 6.07) is 9.75. The van der Waals surface area contributed by atoms with Crippen molar-refractivity contribution in [2.75, 3.05) is 32.0 Å². The maximum atomic E-state index is 13.4. The average Bonchev–Trinajstić information content (AvgIpc) is 3.76. The molecule has 242 valence electrons. The minimum absolute atomic E-state index is 0.272. The summed E-state index contributed by atoms with van der Waals surface area (Å²) in [6.45, 7) is 7.48. The summed E-state index contributed by atoms with van der Waals surface area (Å²) in [5.41, 5.74) is 9.22. The number of anilines is 1. The number of carboxylic acids is 1. The van der Waals surface area contributed by atoms with E-state index in [9.17, 15) is 14.7 Å². The Morgan fingerprint density at radius 3 is 2.66 bits per heavy atom. The van der Waals surface area contributed by atoms with Crippen LogP contribution in [-0.2, 0) is 31.4 Å². The molecule has 2 aliphatic heterocycles. The number of aromatic nitrogens is 4. The Bertz CT molecular complexity index is 2050. The first kappa shape index (κ1) is 31.0. The molecule has 47 heavy (non-hydrogen) atoms. The number of hydrogen-bond acceptors (Lipinski definition) is 8. The van der Waals surface area contributed by atoms with Crippen LogP contribution in [0.4, 0.5) is 5.69 Å². The van der Waals surface area contributed by atoms with Crippen molar-refractivity contribution in [2.24, 2.45) is 13.0 Å². The molecule has 2 N–H and O–H groups in total. The van der Waals surface area contributed by atoms with E-state index in [1.165, 1.54) is 0 Å². The lowest BCUT2D eigenvalue weighted by molar-refractivity contribution is -0.141. The summed E-state index contributed by atoms with van der Waals surface area (Å²) in [5, 5.41) is 12.9. The Morgan fingerprint density at radius 1 is 1.06 bits per heavy atom. The van der Waals surface area contributed by atoms with Gasteiger partial charge in [0.2, 0.25) is 5.89 Å². The van der Waals surface area contributed by atoms with Gasteiger partial charge < -0.3 is 24.3 Å². The maximum absolute atomic E-state index is 13.4. The van der Waals surface area contributed by atoms with Crippen molar-refractivity contribution < 1.29 is 19.1 Å². The molecule has 7 rings (SSSR count). The van der Waals surface area contributed by atoms with Crippen molar-refractivity contribution >= 4 is 40.3 Å². The minimum Gasteiger partial charge on any atom is -0.481 e. The zero-order valence-electron chi connectivity index (χ0n) is 26.8. The maximum Gasteiger partial charge on any atom is 0.307 e. The van der Waals surface area contributed by atoms with Gasteiger partial charge in [-0.05, 0) is 74.3 Å². The standard InChI is InChI=1S/C35H36ClN7O4/c1-19-23(25-14-37-15-28(20(25)2)39-33(44)32-38-29-18-41(3)10-9-30(29)42(32)4)6-5-7-24(19)34-40-27-13-21(12-26(36)31(27)47-34)16-43-11-8-22(17-43)35(45)46/h5-7,12-15,22H,8-11,16-18H2,1-4H3,(H,39,44)(H,45,46)/t22-/m1/s1. The number of aliphatic carboxylic acids is 1. The van der Waals surface area contributed by atoms with E-state index in [0.29, 0.717) is 53.0 Å². The van der Waals surface area contributed by atoms with Crippen molar-refractivity contribution in [3.8, 4) is 22.6 Å². The molecule has 0 bridgehead atoms. The second-order valence-electron chi connectivity index (χ2n) is 12.7. The number of likely N-dealkylation sites (N-methyl/N-ethyl adjacent to an activating group) is 1. The van der Waals surface area contributed by atoms with Gasteiger partial charge in [-0.1, -0.05) is 23.7 Å². The number of halogens is 1. The molecule has 1 amide bonds. The summed E-state index contributed by atoms with van der Waals surface area (Å²) < 4.78 is 8.12. The zero-order chi connectivity index (χ0) is 33.0. The smallest absolute Gasteiger partial charge is 0.307 e. The summed E-state index contributed by atoms with van der Waals surface area (Å²) in [4.78, 5) is 43.1. The third-order valence-electron chi connectivity index (χ3n) is 9.50. The van der Waals surface area contributed by atoms with Crippen LogP contribution in [0.3, 0.4) is 0 Å². The molecule has 0 radical (unpaired) electrons. The molecule has 2 aromatic carbocycles. The average molecular weight is 654 g/mol. The molecular formula is C35H36ClN7O4. The molecule has 5 aromatic rings. The lowest BCUT2D eigenvalue weighted by atomic mass is 9.94. The molecule has 2 aliphatic rings. The molecule has 0 aliphatic carbocycles. The van der Waals surface area contributed by atoms with E-state index in [1.807, 2.05) is 55.8 Å². The fourth-order valence-electron chi connectivity index (χ4n) is 6.81. The summed E-state index contributed by atoms with van der Waals surface area (Å²) >= 11 is 6.67. The van der Waals surface area contributed by atoms with E-state index in [1.54, 1.807) is 12.4 Å². The molecule has 0 unspecified atom stereocenters. The third kappa shape index (κ3) is 5.79. The van der Waals surface area contributed by atoms with Gasteiger partial charge in [-0.25, -0.2) is 9.97 Å². The second-order valence-corrected chi connectivity index (χ2v) is 13.1. The molecular weight excluding hydrogens is 618 g/mol. The number of fused-ring (bicyclic) bond motifs is 2. The first-order valence-corrected chi connectivity index (χ1v) is 16.1. The molecule has 1 fully saturated rings. The predicted molar refractivity (Wildman–Crippen MR) is 179 cm³/mol. The summed E-state index contributed by atoms with van der Waals surface area (Å²) in [6.07, 6.45) is 4.96. The van der Waals surface area contributed by atoms with E-state index in [2.05, 4.69) is 32.1 Å². The number of hydrogen-bond donors (Lipinski definition) is 2. The number of rotatable bonds is 7. The second kappa shape index (κ2) is 12.2. The van der Waals surface area contributed by atoms with Gasteiger partial charge in [0, 0.05) is 62.7 Å². The Hall–Kier alpha value is -4.58. The Balaban J connectivity index is 1.15. The Morgan fingerprint density at radius 2 is 1.87 bits per heavy atom. The highest BCUT2D eigenvalue weighted by Crippen LogP contribution is 2.37. The third-order valence-corrected chi connectivity index (χ3v) is 9.78. The topological polar surface area (TPSA) is 130 Å². The quantitative estimate of drug-likeness (QED) is 0.227. The lowest BCUT2D eigenvalue weighted by Crippen LogP contribution is -2.27. The van der Waals surface area contributed by atoms with Crippen molar-refractivity contribution in [3.05, 3.63) is 81.7 Å². The van der Waals surface area contributed by atoms with Crippen LogP contribution < -0.4 is 5.32 Å². The van der Waals surface area contributed by atoms with Gasteiger partial charge in [0.1, 0.15) is 5.52 Å². The first-order valence-electron chi connectivity index (χ1n) is 15.7. The van der Waals surface area contributed by atoms with Crippen molar-refractivity contribution in [1.29, 1.82) is 0 Å². The first-order chi connectivity index (χ1) is 22.6. The van der Waals surface area contributed by atoms with E-state index in [0.717, 1.165) is 70.8 Å². The number of carbonyl (C=O) groups is 2. The Labute approximate surface area is 277 Å². The van der Waals surface area contributed by atoms with Crippen LogP contribution in [0.25, 0.3) is 33.7 Å². The largest absolute Gasteiger partial charge is 0.481 e. The van der Waals surface area contributed by atoms with E-state index < -0.39 is 5.97 Å². The van der Waals surface area contributed by atoms with Gasteiger partial charge >= 0.3 is 5.97 Å². The van der Waals surface area contributed by atoms with E-state index >= 15 is 0 Å². The van der Waals surface area contributed by atoms with Crippen LogP contribution in [0.1, 0.15) is 45.1 Å². The van der Waals surface area contributed by atoms with E-state index in [4.69, 9.17) is 21.0 Å². The molecule has 0 saturated carbocycles. The summed E-state index contributed by atoms with van der Waals surface area (Å²) in [5.74, 6) is -0.530. The number of imidazole rings is 1. The molecule has 11 nitrogen and oxygen atoms in total. The van der Waals surface area contributed by atoms with Gasteiger partial charge in [-0.15, -0.1) is 0 Å². The van der Waals surface area contributed by atoms with E-state index in [-0.39, 0.29) is 11.8 Å². The highest BCUT2D eigenvalue weighted by Gasteiger charge is 2.28. The monoisotopic (exact) mass is 653 g/mol. The number of nitrogens with zero attached hydrogens (tertiary/aromatic N) is 6. The molecule has 1 saturated heterocycles. The number of carbonyl (C=O) groups excluding carboxylic acids is 1. The number of carboxylic acid groups (broad SMARTS) is 1. The zero-order valence-corrected chi connectivity index (χ0v) is 27.6. The molecule has 0 spiro atoms. The van der Waals surface area contributed by atoms with Crippen LogP contribution in [0.15, 0.2) is 47.1 Å². The number of pyridine rings is 1. The number of amides is 1. The van der Waals surface area contributed by atoms with Crippen LogP contribution in [0, 0.1) is 19.8 Å². The van der Waals surface area contributed by atoms with Crippen LogP contribution in [0.5, 0.6) is 0 Å². The molecule has 12 heteroatoms. The SMILES string of the molecule is Cc1c(NC(=O)c2nc3c(n2C)CCN(C)C3)cncc1-c1cccc(-c2nc3cc(CN4CC[C@@H](C(=O)O)C4)cc(Cl)c3o2)c1C. The predicted octanol–water partition coefficient (Wildman–Crippen LogP) is 5.71. The number of nitrogens with one attached hydrogen (secondary N) is 1. The van der Waals surface area contributed by atoms with Crippen LogP contribution >= 0.6 is 11.6 Å². The van der Waals surface area contributed by atoms with Gasteiger partial charge in [0.25, 0.3) is 5.91 Å². The van der Waals surface area contributed by atoms with Gasteiger partial charge in [0.15, 0.2) is 11.4 Å². The number of likely N-dealkylation sites (tertiary alicyclic amines) is 1. The molecule has 3 aromatic heterocycles. The molecule has 1 atom stereocenters. The fraction of sp³-hybridized carbons (Fsp3) is 0.343. The highest BCUT2D eigenvalue weighted by atomic mass is 35.5. The minimum atomic E-state index is -0.752. The lowest BCUT2D eigenvalue weighted by Gasteiger charge is -2.21. The van der Waals surface area contributed by atoms with Crippen LogP contribution in [-0.4, -0.2) is 73.0 Å². The van der Waals surface area contributed by atoms with Gasteiger partial charge in [-0.3, -0.25) is 19.5 Å². The van der Waals surface area contributed by atoms with Gasteiger partial charge in [-0.2, -0.15) is 0 Å². The van der Waals surface area contributed by atoms with Crippen molar-refractivity contribution in [2.45, 2.75) is 39.8 Å². The van der Waals surface area contributed by atoms with Crippen molar-refractivity contribution in [1.82, 2.24) is 29.3 Å². The number of oxazole rings is 1. The van der Waals surface area contributed by atoms with Gasteiger partial charge in [0.05, 0.1) is 28.5 Å². The van der Waals surface area contributed by atoms with Crippen molar-refractivity contribution in [3.63, 3.8) is 0 Å². The normalized spacial score (nSPS) is 16.9.